The largest absolute Gasteiger partial charge is 0.493 e. The average Bonchev–Trinajstić information content (AvgIpc) is 2.25. The lowest BCUT2D eigenvalue weighted by atomic mass is 10.1. The third-order valence-electron chi connectivity index (χ3n) is 2.24. The molecule has 0 saturated heterocycles. The van der Waals surface area contributed by atoms with E-state index in [0.29, 0.717) is 17.0 Å². The van der Waals surface area contributed by atoms with Crippen LogP contribution >= 0.6 is 11.3 Å². The first kappa shape index (κ1) is 10.8. The molecule has 1 heterocycles. The van der Waals surface area contributed by atoms with Gasteiger partial charge in [0, 0.05) is 6.42 Å². The highest BCUT2D eigenvalue weighted by atomic mass is 32.1. The number of nitrogens with zero attached hydrogens (tertiary/aromatic N) is 1. The molecule has 0 aliphatic heterocycles. The molecular formula is C12H11NO2S. The first-order valence-corrected chi connectivity index (χ1v) is 5.72. The lowest BCUT2D eigenvalue weighted by Crippen LogP contribution is -2.07. The Hall–Kier alpha value is -1.68. The highest BCUT2D eigenvalue weighted by Gasteiger charge is 2.09. The lowest BCUT2D eigenvalue weighted by Gasteiger charge is -2.02. The molecule has 0 fully saturated rings. The summed E-state index contributed by atoms with van der Waals surface area (Å²) in [5.74, 6) is -0.148. The van der Waals surface area contributed by atoms with E-state index in [2.05, 4.69) is 4.98 Å². The van der Waals surface area contributed by atoms with E-state index in [9.17, 15) is 9.90 Å². The molecule has 0 saturated carbocycles. The van der Waals surface area contributed by atoms with E-state index in [0.717, 1.165) is 16.9 Å². The molecule has 0 atom stereocenters. The van der Waals surface area contributed by atoms with Gasteiger partial charge in [-0.1, -0.05) is 41.7 Å². The van der Waals surface area contributed by atoms with Gasteiger partial charge in [0.15, 0.2) is 0 Å². The zero-order chi connectivity index (χ0) is 11.5. The molecule has 0 amide bonds. The van der Waals surface area contributed by atoms with Gasteiger partial charge < -0.3 is 5.11 Å². The van der Waals surface area contributed by atoms with Crippen molar-refractivity contribution < 1.29 is 5.11 Å². The molecule has 4 heteroatoms. The van der Waals surface area contributed by atoms with Crippen molar-refractivity contribution in [3.63, 3.8) is 0 Å². The summed E-state index contributed by atoms with van der Waals surface area (Å²) in [6.45, 7) is 1.71. The normalized spacial score (nSPS) is 10.3. The Kier molecular flexibility index (Phi) is 3.01. The quantitative estimate of drug-likeness (QED) is 0.864. The number of hydrogen-bond donors (Lipinski definition) is 1. The summed E-state index contributed by atoms with van der Waals surface area (Å²) in [6.07, 6.45) is 0.426. The molecule has 1 N–H and O–H groups in total. The number of hydrogen-bond acceptors (Lipinski definition) is 4. The fourth-order valence-corrected chi connectivity index (χ4v) is 2.16. The molecule has 82 valence electrons. The molecule has 2 rings (SSSR count). The van der Waals surface area contributed by atoms with Crippen molar-refractivity contribution in [1.82, 2.24) is 4.98 Å². The van der Waals surface area contributed by atoms with Gasteiger partial charge in [0.25, 0.3) is 0 Å². The molecule has 2 aromatic rings. The lowest BCUT2D eigenvalue weighted by molar-refractivity contribution is 0.446. The van der Waals surface area contributed by atoms with Gasteiger partial charge in [0.2, 0.25) is 10.6 Å². The molecule has 0 spiro atoms. The molecule has 0 aliphatic rings. The maximum atomic E-state index is 11.7. The van der Waals surface area contributed by atoms with E-state index in [1.54, 1.807) is 6.92 Å². The van der Waals surface area contributed by atoms with Gasteiger partial charge in [-0.3, -0.25) is 4.79 Å². The summed E-state index contributed by atoms with van der Waals surface area (Å²) in [4.78, 5) is 15.6. The van der Waals surface area contributed by atoms with Crippen LogP contribution in [-0.4, -0.2) is 10.1 Å². The van der Waals surface area contributed by atoms with Crippen LogP contribution in [0.5, 0.6) is 5.88 Å². The number of benzene rings is 1. The predicted octanol–water partition coefficient (Wildman–Crippen LogP) is 2.11. The van der Waals surface area contributed by atoms with Crippen LogP contribution in [0.1, 0.15) is 16.1 Å². The Morgan fingerprint density at radius 3 is 2.62 bits per heavy atom. The Morgan fingerprint density at radius 2 is 2.00 bits per heavy atom. The number of aryl methyl sites for hydroxylation is 1. The van der Waals surface area contributed by atoms with Crippen molar-refractivity contribution in [2.75, 3.05) is 0 Å². The summed E-state index contributed by atoms with van der Waals surface area (Å²) in [6, 6.07) is 9.56. The summed E-state index contributed by atoms with van der Waals surface area (Å²) in [5, 5.41) is 10.2. The van der Waals surface area contributed by atoms with Crippen molar-refractivity contribution in [3.05, 3.63) is 56.0 Å². The van der Waals surface area contributed by atoms with Crippen LogP contribution in [0.25, 0.3) is 0 Å². The highest BCUT2D eigenvalue weighted by Crippen LogP contribution is 2.16. The van der Waals surface area contributed by atoms with E-state index in [-0.39, 0.29) is 10.6 Å². The number of aromatic hydroxyl groups is 1. The van der Waals surface area contributed by atoms with Crippen LogP contribution < -0.4 is 4.74 Å². The minimum atomic E-state index is -0.148. The highest BCUT2D eigenvalue weighted by molar-refractivity contribution is 7.08. The Morgan fingerprint density at radius 1 is 1.31 bits per heavy atom. The number of aromatic nitrogens is 1. The molecule has 0 radical (unpaired) electrons. The van der Waals surface area contributed by atoms with Crippen LogP contribution in [0.15, 0.2) is 35.1 Å². The number of rotatable bonds is 2. The second-order valence-electron chi connectivity index (χ2n) is 3.48. The third kappa shape index (κ3) is 2.28. The van der Waals surface area contributed by atoms with Crippen LogP contribution in [0.2, 0.25) is 0 Å². The Balaban J connectivity index is 2.39. The van der Waals surface area contributed by atoms with E-state index in [1.807, 2.05) is 30.3 Å². The van der Waals surface area contributed by atoms with Crippen LogP contribution in [0.3, 0.4) is 0 Å². The van der Waals surface area contributed by atoms with Gasteiger partial charge in [-0.25, -0.2) is 4.98 Å². The Bertz CT molecular complexity index is 549. The van der Waals surface area contributed by atoms with Crippen molar-refractivity contribution in [2.24, 2.45) is 0 Å². The van der Waals surface area contributed by atoms with E-state index in [1.165, 1.54) is 0 Å². The monoisotopic (exact) mass is 233 g/mol. The van der Waals surface area contributed by atoms with Crippen molar-refractivity contribution in [2.45, 2.75) is 13.3 Å². The van der Waals surface area contributed by atoms with Gasteiger partial charge >= 0.3 is 0 Å². The summed E-state index contributed by atoms with van der Waals surface area (Å²) >= 11 is 1.07. The molecule has 0 aliphatic carbocycles. The van der Waals surface area contributed by atoms with E-state index >= 15 is 0 Å². The fraction of sp³-hybridized carbons (Fsp3) is 0.167. The molecule has 0 unspecified atom stereocenters. The van der Waals surface area contributed by atoms with Gasteiger partial charge in [-0.05, 0) is 12.5 Å². The van der Waals surface area contributed by atoms with Crippen molar-refractivity contribution in [1.29, 1.82) is 0 Å². The predicted molar refractivity (Wildman–Crippen MR) is 64.0 cm³/mol. The van der Waals surface area contributed by atoms with E-state index in [4.69, 9.17) is 0 Å². The zero-order valence-electron chi connectivity index (χ0n) is 8.80. The maximum absolute atomic E-state index is 11.7. The van der Waals surface area contributed by atoms with Crippen LogP contribution in [0.4, 0.5) is 0 Å². The Labute approximate surface area is 97.0 Å². The minimum absolute atomic E-state index is 0.117. The molecule has 0 bridgehead atoms. The SMILES string of the molecule is Cc1nc(O)c(Cc2ccccc2)c(=O)s1. The standard InChI is InChI=1S/C12H11NO2S/c1-8-13-11(14)10(12(15)16-8)7-9-5-3-2-4-6-9/h2-6,14H,7H2,1H3. The van der Waals surface area contributed by atoms with Gasteiger partial charge in [0.05, 0.1) is 10.6 Å². The first-order valence-electron chi connectivity index (χ1n) is 4.90. The maximum Gasteiger partial charge on any atom is 0.242 e. The molecule has 1 aromatic heterocycles. The molecule has 1 aromatic carbocycles. The summed E-state index contributed by atoms with van der Waals surface area (Å²) < 4.78 is -0.117. The van der Waals surface area contributed by atoms with Gasteiger partial charge in [0.1, 0.15) is 0 Å². The van der Waals surface area contributed by atoms with Crippen molar-refractivity contribution in [3.8, 4) is 5.88 Å². The fourth-order valence-electron chi connectivity index (χ4n) is 1.48. The topological polar surface area (TPSA) is 50.2 Å². The second-order valence-corrected chi connectivity index (χ2v) is 4.65. The zero-order valence-corrected chi connectivity index (χ0v) is 9.62. The first-order chi connectivity index (χ1) is 7.66. The average molecular weight is 233 g/mol. The van der Waals surface area contributed by atoms with Crippen molar-refractivity contribution >= 4 is 11.3 Å². The second kappa shape index (κ2) is 4.45. The summed E-state index contributed by atoms with van der Waals surface area (Å²) in [5.41, 5.74) is 1.37. The third-order valence-corrected chi connectivity index (χ3v) is 3.06. The minimum Gasteiger partial charge on any atom is -0.493 e. The van der Waals surface area contributed by atoms with Crippen LogP contribution in [-0.2, 0) is 6.42 Å². The van der Waals surface area contributed by atoms with Crippen LogP contribution in [0, 0.1) is 6.92 Å². The van der Waals surface area contributed by atoms with Gasteiger partial charge in [-0.2, -0.15) is 0 Å². The molecular weight excluding hydrogens is 222 g/mol. The van der Waals surface area contributed by atoms with E-state index < -0.39 is 0 Å². The smallest absolute Gasteiger partial charge is 0.242 e. The van der Waals surface area contributed by atoms with Gasteiger partial charge in [-0.15, -0.1) is 0 Å². The molecule has 3 nitrogen and oxygen atoms in total. The summed E-state index contributed by atoms with van der Waals surface area (Å²) in [7, 11) is 0. The molecule has 16 heavy (non-hydrogen) atoms.